The zero-order chi connectivity index (χ0) is 18.1. The van der Waals surface area contributed by atoms with E-state index in [1.54, 1.807) is 24.5 Å². The normalized spacial score (nSPS) is 11.6. The van der Waals surface area contributed by atoms with Crippen LogP contribution in [-0.2, 0) is 4.79 Å². The van der Waals surface area contributed by atoms with Gasteiger partial charge in [-0.25, -0.2) is 0 Å². The van der Waals surface area contributed by atoms with Crippen LogP contribution in [0.4, 0.5) is 0 Å². The summed E-state index contributed by atoms with van der Waals surface area (Å²) in [6, 6.07) is 13.0. The summed E-state index contributed by atoms with van der Waals surface area (Å²) in [5.74, 6) is -0.00803. The molecule has 0 spiro atoms. The monoisotopic (exact) mass is 339 g/mol. The lowest BCUT2D eigenvalue weighted by Crippen LogP contribution is -2.34. The number of amides is 2. The van der Waals surface area contributed by atoms with Gasteiger partial charge in [0, 0.05) is 37.5 Å². The van der Waals surface area contributed by atoms with Crippen molar-refractivity contribution in [1.29, 1.82) is 0 Å². The maximum atomic E-state index is 12.5. The quantitative estimate of drug-likeness (QED) is 0.751. The van der Waals surface area contributed by atoms with E-state index >= 15 is 0 Å². The molecule has 2 aromatic rings. The Labute approximate surface area is 149 Å². The molecule has 0 aliphatic carbocycles. The number of hydrogen-bond acceptors (Lipinski definition) is 3. The topological polar surface area (TPSA) is 62.3 Å². The van der Waals surface area contributed by atoms with Crippen molar-refractivity contribution in [2.24, 2.45) is 0 Å². The van der Waals surface area contributed by atoms with Crippen LogP contribution >= 0.6 is 0 Å². The van der Waals surface area contributed by atoms with Gasteiger partial charge in [0.25, 0.3) is 5.91 Å². The summed E-state index contributed by atoms with van der Waals surface area (Å²) in [6.45, 7) is 5.14. The molecule has 5 heteroatoms. The standard InChI is InChI=1S/C20H25N3O2/c1-3-23(16(2)17-11-14-21-15-12-17)19(24)10-7-13-22-20(25)18-8-5-4-6-9-18/h4-6,8-9,11-12,14-16H,3,7,10,13H2,1-2H3,(H,22,25)/t16-/m1/s1. The van der Waals surface area contributed by atoms with Crippen molar-refractivity contribution in [2.75, 3.05) is 13.1 Å². The molecule has 5 nitrogen and oxygen atoms in total. The number of nitrogens with one attached hydrogen (secondary N) is 1. The van der Waals surface area contributed by atoms with Crippen molar-refractivity contribution < 1.29 is 9.59 Å². The minimum absolute atomic E-state index is 0.0133. The van der Waals surface area contributed by atoms with Crippen LogP contribution in [0.15, 0.2) is 54.9 Å². The lowest BCUT2D eigenvalue weighted by Gasteiger charge is -2.28. The van der Waals surface area contributed by atoms with Crippen molar-refractivity contribution in [3.63, 3.8) is 0 Å². The highest BCUT2D eigenvalue weighted by molar-refractivity contribution is 5.94. The third kappa shape index (κ3) is 5.41. The lowest BCUT2D eigenvalue weighted by atomic mass is 10.1. The van der Waals surface area contributed by atoms with Crippen LogP contribution in [0.25, 0.3) is 0 Å². The molecule has 0 radical (unpaired) electrons. The van der Waals surface area contributed by atoms with Crippen molar-refractivity contribution in [2.45, 2.75) is 32.7 Å². The Morgan fingerprint density at radius 1 is 1.12 bits per heavy atom. The Morgan fingerprint density at radius 2 is 1.80 bits per heavy atom. The number of carbonyl (C=O) groups is 2. The predicted octanol–water partition coefficient (Wildman–Crippen LogP) is 3.20. The molecule has 2 rings (SSSR count). The smallest absolute Gasteiger partial charge is 0.251 e. The average molecular weight is 339 g/mol. The molecule has 2 amide bonds. The Kier molecular flexibility index (Phi) is 7.14. The van der Waals surface area contributed by atoms with Gasteiger partial charge in [0.15, 0.2) is 0 Å². The number of pyridine rings is 1. The molecule has 0 saturated heterocycles. The number of benzene rings is 1. The van der Waals surface area contributed by atoms with E-state index in [4.69, 9.17) is 0 Å². The fraction of sp³-hybridized carbons (Fsp3) is 0.350. The van der Waals surface area contributed by atoms with Crippen LogP contribution in [0, 0.1) is 0 Å². The van der Waals surface area contributed by atoms with E-state index in [9.17, 15) is 9.59 Å². The number of carbonyl (C=O) groups excluding carboxylic acids is 2. The maximum absolute atomic E-state index is 12.5. The third-order valence-electron chi connectivity index (χ3n) is 4.21. The Hall–Kier alpha value is -2.69. The molecular formula is C20H25N3O2. The second kappa shape index (κ2) is 9.57. The number of nitrogens with zero attached hydrogens (tertiary/aromatic N) is 2. The molecular weight excluding hydrogens is 314 g/mol. The summed E-state index contributed by atoms with van der Waals surface area (Å²) in [5, 5.41) is 2.85. The Bertz CT molecular complexity index is 674. The maximum Gasteiger partial charge on any atom is 0.251 e. The van der Waals surface area contributed by atoms with Crippen LogP contribution in [0.5, 0.6) is 0 Å². The zero-order valence-electron chi connectivity index (χ0n) is 14.8. The molecule has 1 aromatic carbocycles. The van der Waals surface area contributed by atoms with Gasteiger partial charge in [-0.05, 0) is 50.1 Å². The Morgan fingerprint density at radius 3 is 2.44 bits per heavy atom. The summed E-state index contributed by atoms with van der Waals surface area (Å²) < 4.78 is 0. The van der Waals surface area contributed by atoms with Crippen molar-refractivity contribution >= 4 is 11.8 Å². The Balaban J connectivity index is 1.79. The molecule has 0 aliphatic rings. The van der Waals surface area contributed by atoms with Gasteiger partial charge in [-0.3, -0.25) is 14.6 Å². The first kappa shape index (κ1) is 18.6. The molecule has 0 fully saturated rings. The van der Waals surface area contributed by atoms with Crippen LogP contribution in [0.3, 0.4) is 0 Å². The lowest BCUT2D eigenvalue weighted by molar-refractivity contribution is -0.133. The molecule has 0 bridgehead atoms. The molecule has 1 aromatic heterocycles. The minimum Gasteiger partial charge on any atom is -0.352 e. The van der Waals surface area contributed by atoms with E-state index in [1.165, 1.54) is 0 Å². The fourth-order valence-corrected chi connectivity index (χ4v) is 2.76. The summed E-state index contributed by atoms with van der Waals surface area (Å²) in [6.07, 6.45) is 4.52. The molecule has 0 unspecified atom stereocenters. The highest BCUT2D eigenvalue weighted by Crippen LogP contribution is 2.20. The van der Waals surface area contributed by atoms with Crippen molar-refractivity contribution in [3.8, 4) is 0 Å². The van der Waals surface area contributed by atoms with Crippen molar-refractivity contribution in [1.82, 2.24) is 15.2 Å². The molecule has 0 aliphatic heterocycles. The fourth-order valence-electron chi connectivity index (χ4n) is 2.76. The average Bonchev–Trinajstić information content (AvgIpc) is 2.67. The third-order valence-corrected chi connectivity index (χ3v) is 4.21. The summed E-state index contributed by atoms with van der Waals surface area (Å²) in [5.41, 5.74) is 1.71. The van der Waals surface area contributed by atoms with E-state index in [1.807, 2.05) is 49.1 Å². The predicted molar refractivity (Wildman–Crippen MR) is 98.0 cm³/mol. The first-order chi connectivity index (χ1) is 12.1. The van der Waals surface area contributed by atoms with Gasteiger partial charge in [-0.2, -0.15) is 0 Å². The number of hydrogen-bond donors (Lipinski definition) is 1. The minimum atomic E-state index is -0.106. The molecule has 1 N–H and O–H groups in total. The summed E-state index contributed by atoms with van der Waals surface area (Å²) in [7, 11) is 0. The van der Waals surface area contributed by atoms with Gasteiger partial charge in [0.05, 0.1) is 6.04 Å². The second-order valence-corrected chi connectivity index (χ2v) is 5.86. The van der Waals surface area contributed by atoms with Crippen LogP contribution in [0.1, 0.15) is 48.7 Å². The first-order valence-electron chi connectivity index (χ1n) is 8.66. The van der Waals surface area contributed by atoms with Gasteiger partial charge in [0.2, 0.25) is 5.91 Å². The largest absolute Gasteiger partial charge is 0.352 e. The molecule has 1 atom stereocenters. The van der Waals surface area contributed by atoms with Gasteiger partial charge in [-0.1, -0.05) is 18.2 Å². The van der Waals surface area contributed by atoms with Crippen LogP contribution in [-0.4, -0.2) is 34.8 Å². The molecule has 25 heavy (non-hydrogen) atoms. The van der Waals surface area contributed by atoms with E-state index in [2.05, 4.69) is 10.3 Å². The summed E-state index contributed by atoms with van der Waals surface area (Å²) >= 11 is 0. The highest BCUT2D eigenvalue weighted by Gasteiger charge is 2.19. The molecule has 0 saturated carbocycles. The highest BCUT2D eigenvalue weighted by atomic mass is 16.2. The van der Waals surface area contributed by atoms with E-state index in [0.717, 1.165) is 5.56 Å². The molecule has 1 heterocycles. The van der Waals surface area contributed by atoms with E-state index in [-0.39, 0.29) is 17.9 Å². The molecule has 132 valence electrons. The van der Waals surface area contributed by atoms with E-state index < -0.39 is 0 Å². The SMILES string of the molecule is CCN(C(=O)CCCNC(=O)c1ccccc1)[C@H](C)c1ccncc1. The van der Waals surface area contributed by atoms with Crippen LogP contribution in [0.2, 0.25) is 0 Å². The number of rotatable bonds is 8. The number of aromatic nitrogens is 1. The zero-order valence-corrected chi connectivity index (χ0v) is 14.8. The second-order valence-electron chi connectivity index (χ2n) is 5.86. The van der Waals surface area contributed by atoms with Gasteiger partial charge < -0.3 is 10.2 Å². The van der Waals surface area contributed by atoms with Crippen molar-refractivity contribution in [3.05, 3.63) is 66.0 Å². The van der Waals surface area contributed by atoms with Gasteiger partial charge in [0.1, 0.15) is 0 Å². The van der Waals surface area contributed by atoms with Crippen LogP contribution < -0.4 is 5.32 Å². The van der Waals surface area contributed by atoms with Gasteiger partial charge >= 0.3 is 0 Å². The first-order valence-corrected chi connectivity index (χ1v) is 8.66. The van der Waals surface area contributed by atoms with E-state index in [0.29, 0.717) is 31.5 Å². The van der Waals surface area contributed by atoms with Gasteiger partial charge in [-0.15, -0.1) is 0 Å². The summed E-state index contributed by atoms with van der Waals surface area (Å²) in [4.78, 5) is 30.3.